The van der Waals surface area contributed by atoms with Crippen molar-refractivity contribution in [2.45, 2.75) is 51.0 Å². The standard InChI is InChI=1S/C16H26O6/c1-3-20-12-6-5-8-14(9-7-13-21-4-2)22-16(19)11-10-15(17)18/h3-4,14H,1-2,5-13H2,(H,17,18). The van der Waals surface area contributed by atoms with Crippen molar-refractivity contribution in [1.29, 1.82) is 0 Å². The van der Waals surface area contributed by atoms with Crippen LogP contribution >= 0.6 is 0 Å². The molecular formula is C16H26O6. The van der Waals surface area contributed by atoms with Crippen molar-refractivity contribution in [3.63, 3.8) is 0 Å². The molecular weight excluding hydrogens is 288 g/mol. The lowest BCUT2D eigenvalue weighted by Crippen LogP contribution is -2.19. The van der Waals surface area contributed by atoms with E-state index >= 15 is 0 Å². The molecule has 0 aliphatic heterocycles. The second kappa shape index (κ2) is 14.0. The van der Waals surface area contributed by atoms with Crippen molar-refractivity contribution in [1.82, 2.24) is 0 Å². The second-order valence-corrected chi connectivity index (χ2v) is 4.72. The quantitative estimate of drug-likeness (QED) is 0.284. The van der Waals surface area contributed by atoms with E-state index in [9.17, 15) is 9.59 Å². The van der Waals surface area contributed by atoms with Crippen LogP contribution in [0.4, 0.5) is 0 Å². The van der Waals surface area contributed by atoms with Gasteiger partial charge < -0.3 is 19.3 Å². The van der Waals surface area contributed by atoms with Gasteiger partial charge in [0.2, 0.25) is 0 Å². The van der Waals surface area contributed by atoms with Crippen molar-refractivity contribution in [2.24, 2.45) is 0 Å². The minimum atomic E-state index is -1.01. The Morgan fingerprint density at radius 2 is 1.55 bits per heavy atom. The van der Waals surface area contributed by atoms with Gasteiger partial charge in [0, 0.05) is 0 Å². The van der Waals surface area contributed by atoms with E-state index in [1.54, 1.807) is 0 Å². The van der Waals surface area contributed by atoms with Gasteiger partial charge in [-0.2, -0.15) is 0 Å². The van der Waals surface area contributed by atoms with Gasteiger partial charge in [0.05, 0.1) is 38.6 Å². The molecule has 0 aromatic rings. The number of aliphatic carboxylic acids is 1. The summed E-state index contributed by atoms with van der Waals surface area (Å²) in [6.07, 6.45) is 6.07. The summed E-state index contributed by atoms with van der Waals surface area (Å²) in [5.41, 5.74) is 0. The van der Waals surface area contributed by atoms with Crippen molar-refractivity contribution < 1.29 is 28.9 Å². The molecule has 22 heavy (non-hydrogen) atoms. The Labute approximate surface area is 131 Å². The highest BCUT2D eigenvalue weighted by Gasteiger charge is 2.15. The van der Waals surface area contributed by atoms with E-state index in [-0.39, 0.29) is 18.9 Å². The summed E-state index contributed by atoms with van der Waals surface area (Å²) in [6.45, 7) is 8.03. The number of hydrogen-bond acceptors (Lipinski definition) is 5. The Kier molecular flexibility index (Phi) is 12.7. The molecule has 0 rings (SSSR count). The molecule has 0 saturated carbocycles. The number of rotatable bonds is 15. The van der Waals surface area contributed by atoms with E-state index in [2.05, 4.69) is 13.2 Å². The van der Waals surface area contributed by atoms with Crippen LogP contribution in [0.25, 0.3) is 0 Å². The summed E-state index contributed by atoms with van der Waals surface area (Å²) in [4.78, 5) is 22.1. The normalized spacial score (nSPS) is 11.3. The Morgan fingerprint density at radius 3 is 2.14 bits per heavy atom. The molecule has 0 aromatic heterocycles. The smallest absolute Gasteiger partial charge is 0.306 e. The molecule has 0 aromatic carbocycles. The minimum Gasteiger partial charge on any atom is -0.502 e. The monoisotopic (exact) mass is 314 g/mol. The van der Waals surface area contributed by atoms with Crippen molar-refractivity contribution in [3.8, 4) is 0 Å². The SMILES string of the molecule is C=COCCCCC(CCCOC=C)OC(=O)CCC(=O)O. The maximum Gasteiger partial charge on any atom is 0.306 e. The fourth-order valence-electron chi connectivity index (χ4n) is 1.83. The lowest BCUT2D eigenvalue weighted by atomic mass is 10.1. The number of carboxylic acid groups (broad SMARTS) is 1. The van der Waals surface area contributed by atoms with Crippen molar-refractivity contribution >= 4 is 11.9 Å². The van der Waals surface area contributed by atoms with E-state index < -0.39 is 11.9 Å². The van der Waals surface area contributed by atoms with Gasteiger partial charge in [-0.1, -0.05) is 13.2 Å². The van der Waals surface area contributed by atoms with Crippen LogP contribution in [-0.4, -0.2) is 36.4 Å². The summed E-state index contributed by atoms with van der Waals surface area (Å²) in [5, 5.41) is 8.57. The van der Waals surface area contributed by atoms with Crippen molar-refractivity contribution in [2.75, 3.05) is 13.2 Å². The number of carboxylic acids is 1. The molecule has 0 saturated heterocycles. The van der Waals surface area contributed by atoms with Crippen LogP contribution in [-0.2, 0) is 23.8 Å². The Balaban J connectivity index is 4.07. The van der Waals surface area contributed by atoms with Gasteiger partial charge in [-0.15, -0.1) is 0 Å². The third-order valence-electron chi connectivity index (χ3n) is 2.90. The molecule has 0 amide bonds. The van der Waals surface area contributed by atoms with Crippen LogP contribution in [0, 0.1) is 0 Å². The molecule has 1 N–H and O–H groups in total. The maximum absolute atomic E-state index is 11.6. The van der Waals surface area contributed by atoms with Gasteiger partial charge in [0.15, 0.2) is 0 Å². The zero-order valence-electron chi connectivity index (χ0n) is 13.0. The zero-order chi connectivity index (χ0) is 16.6. The van der Waals surface area contributed by atoms with Gasteiger partial charge in [0.25, 0.3) is 0 Å². The van der Waals surface area contributed by atoms with E-state index in [0.717, 1.165) is 19.3 Å². The lowest BCUT2D eigenvalue weighted by molar-refractivity contribution is -0.152. The molecule has 1 unspecified atom stereocenters. The van der Waals surface area contributed by atoms with Crippen LogP contribution < -0.4 is 0 Å². The topological polar surface area (TPSA) is 82.1 Å². The Bertz CT molecular complexity index is 340. The predicted molar refractivity (Wildman–Crippen MR) is 82.1 cm³/mol. The predicted octanol–water partition coefficient (Wildman–Crippen LogP) is 3.03. The van der Waals surface area contributed by atoms with Crippen LogP contribution in [0.3, 0.4) is 0 Å². The van der Waals surface area contributed by atoms with Gasteiger partial charge >= 0.3 is 11.9 Å². The molecule has 0 radical (unpaired) electrons. The number of esters is 1. The number of hydrogen-bond donors (Lipinski definition) is 1. The number of carbonyl (C=O) groups is 2. The second-order valence-electron chi connectivity index (χ2n) is 4.72. The molecule has 6 heteroatoms. The van der Waals surface area contributed by atoms with E-state index in [0.29, 0.717) is 26.1 Å². The maximum atomic E-state index is 11.6. The highest BCUT2D eigenvalue weighted by molar-refractivity contribution is 5.76. The van der Waals surface area contributed by atoms with Crippen LogP contribution in [0.5, 0.6) is 0 Å². The third-order valence-corrected chi connectivity index (χ3v) is 2.90. The first kappa shape index (κ1) is 20.0. The third kappa shape index (κ3) is 13.0. The van der Waals surface area contributed by atoms with Crippen molar-refractivity contribution in [3.05, 3.63) is 25.7 Å². The molecule has 6 nitrogen and oxygen atoms in total. The summed E-state index contributed by atoms with van der Waals surface area (Å²) < 4.78 is 15.4. The Hall–Kier alpha value is -1.98. The molecule has 0 heterocycles. The molecule has 0 aliphatic carbocycles. The molecule has 0 bridgehead atoms. The Morgan fingerprint density at radius 1 is 0.955 bits per heavy atom. The highest BCUT2D eigenvalue weighted by atomic mass is 16.5. The average molecular weight is 314 g/mol. The lowest BCUT2D eigenvalue weighted by Gasteiger charge is -2.17. The highest BCUT2D eigenvalue weighted by Crippen LogP contribution is 2.13. The molecule has 0 spiro atoms. The summed E-state index contributed by atoms with van der Waals surface area (Å²) in [6, 6.07) is 0. The van der Waals surface area contributed by atoms with Crippen LogP contribution in [0.15, 0.2) is 25.7 Å². The summed E-state index contributed by atoms with van der Waals surface area (Å²) >= 11 is 0. The van der Waals surface area contributed by atoms with E-state index in [1.807, 2.05) is 0 Å². The first-order valence-electron chi connectivity index (χ1n) is 7.46. The molecule has 0 fully saturated rings. The summed E-state index contributed by atoms with van der Waals surface area (Å²) in [5.74, 6) is -1.48. The molecule has 126 valence electrons. The van der Waals surface area contributed by atoms with Gasteiger partial charge in [0.1, 0.15) is 6.10 Å². The minimum absolute atomic E-state index is 0.103. The first-order chi connectivity index (χ1) is 10.6. The molecule has 1 atom stereocenters. The van der Waals surface area contributed by atoms with E-state index in [1.165, 1.54) is 12.5 Å². The van der Waals surface area contributed by atoms with E-state index in [4.69, 9.17) is 19.3 Å². The fraction of sp³-hybridized carbons (Fsp3) is 0.625. The molecule has 0 aliphatic rings. The van der Waals surface area contributed by atoms with Crippen LogP contribution in [0.2, 0.25) is 0 Å². The first-order valence-corrected chi connectivity index (χ1v) is 7.46. The fourth-order valence-corrected chi connectivity index (χ4v) is 1.83. The number of carbonyl (C=O) groups excluding carboxylic acids is 1. The van der Waals surface area contributed by atoms with Gasteiger partial charge in [-0.3, -0.25) is 9.59 Å². The zero-order valence-corrected chi connectivity index (χ0v) is 13.0. The average Bonchev–Trinajstić information content (AvgIpc) is 2.49. The number of ether oxygens (including phenoxy) is 3. The number of unbranched alkanes of at least 4 members (excludes halogenated alkanes) is 1. The largest absolute Gasteiger partial charge is 0.502 e. The van der Waals surface area contributed by atoms with Gasteiger partial charge in [-0.05, 0) is 32.1 Å². The van der Waals surface area contributed by atoms with Gasteiger partial charge in [-0.25, -0.2) is 0 Å². The van der Waals surface area contributed by atoms with Crippen LogP contribution in [0.1, 0.15) is 44.9 Å². The summed E-state index contributed by atoms with van der Waals surface area (Å²) in [7, 11) is 0.